The lowest BCUT2D eigenvalue weighted by molar-refractivity contribution is 0.260. The van der Waals surface area contributed by atoms with Gasteiger partial charge in [0.2, 0.25) is 0 Å². The molecule has 0 radical (unpaired) electrons. The van der Waals surface area contributed by atoms with Crippen LogP contribution in [0.15, 0.2) is 18.2 Å². The summed E-state index contributed by atoms with van der Waals surface area (Å²) in [5.74, 6) is 0. The molecule has 3 nitrogen and oxygen atoms in total. The first-order chi connectivity index (χ1) is 9.92. The van der Waals surface area contributed by atoms with Gasteiger partial charge in [0.15, 0.2) is 0 Å². The predicted octanol–water partition coefficient (Wildman–Crippen LogP) is 2.01. The molecule has 3 heteroatoms. The van der Waals surface area contributed by atoms with E-state index in [9.17, 15) is 0 Å². The topological polar surface area (TPSA) is 18.5 Å². The van der Waals surface area contributed by atoms with Crippen molar-refractivity contribution in [1.82, 2.24) is 10.2 Å². The summed E-state index contributed by atoms with van der Waals surface area (Å²) in [6, 6.07) is 7.69. The van der Waals surface area contributed by atoms with Crippen LogP contribution in [0.5, 0.6) is 0 Å². The monoisotopic (exact) mass is 271 g/mol. The molecule has 1 unspecified atom stereocenters. The molecule has 3 heterocycles. The maximum absolute atomic E-state index is 3.53. The number of hydrogen-bond acceptors (Lipinski definition) is 3. The molecule has 4 rings (SSSR count). The Kier molecular flexibility index (Phi) is 3.41. The highest BCUT2D eigenvalue weighted by atomic mass is 15.3. The van der Waals surface area contributed by atoms with Crippen LogP contribution in [0.3, 0.4) is 0 Å². The van der Waals surface area contributed by atoms with Gasteiger partial charge in [-0.2, -0.15) is 0 Å². The SMILES string of the molecule is c1cc2c(c(N3CCC(N4CCCC4)C3)c1)CNCC2. The summed E-state index contributed by atoms with van der Waals surface area (Å²) in [7, 11) is 0. The van der Waals surface area contributed by atoms with E-state index >= 15 is 0 Å². The van der Waals surface area contributed by atoms with E-state index < -0.39 is 0 Å². The highest BCUT2D eigenvalue weighted by molar-refractivity contribution is 5.58. The van der Waals surface area contributed by atoms with Crippen LogP contribution in [0, 0.1) is 0 Å². The zero-order valence-electron chi connectivity index (χ0n) is 12.3. The van der Waals surface area contributed by atoms with Crippen LogP contribution in [0.2, 0.25) is 0 Å². The Bertz CT molecular complexity index is 479. The smallest absolute Gasteiger partial charge is 0.0415 e. The number of nitrogens with zero attached hydrogens (tertiary/aromatic N) is 2. The first kappa shape index (κ1) is 12.7. The molecule has 0 saturated carbocycles. The Hall–Kier alpha value is -1.06. The lowest BCUT2D eigenvalue weighted by Crippen LogP contribution is -2.36. The number of nitrogens with one attached hydrogen (secondary N) is 1. The molecular weight excluding hydrogens is 246 g/mol. The zero-order chi connectivity index (χ0) is 13.4. The number of likely N-dealkylation sites (tertiary alicyclic amines) is 1. The summed E-state index contributed by atoms with van der Waals surface area (Å²) in [5.41, 5.74) is 4.61. The molecule has 1 N–H and O–H groups in total. The van der Waals surface area contributed by atoms with Gasteiger partial charge in [-0.05, 0) is 62.5 Å². The average Bonchev–Trinajstić information content (AvgIpc) is 3.17. The Morgan fingerprint density at radius 3 is 2.90 bits per heavy atom. The molecule has 0 spiro atoms. The molecule has 20 heavy (non-hydrogen) atoms. The molecule has 1 aromatic rings. The second-order valence-corrected chi connectivity index (χ2v) is 6.47. The van der Waals surface area contributed by atoms with Gasteiger partial charge in [-0.15, -0.1) is 0 Å². The average molecular weight is 271 g/mol. The van der Waals surface area contributed by atoms with Gasteiger partial charge in [0.05, 0.1) is 0 Å². The molecule has 3 aliphatic heterocycles. The van der Waals surface area contributed by atoms with Crippen molar-refractivity contribution in [2.45, 2.75) is 38.3 Å². The number of rotatable bonds is 2. The Morgan fingerprint density at radius 1 is 1.10 bits per heavy atom. The Labute approximate surface area is 121 Å². The van der Waals surface area contributed by atoms with Crippen LogP contribution in [0.1, 0.15) is 30.4 Å². The summed E-state index contributed by atoms with van der Waals surface area (Å²) in [5, 5.41) is 3.53. The third-order valence-corrected chi connectivity index (χ3v) is 5.28. The number of fused-ring (bicyclic) bond motifs is 1. The normalized spacial score (nSPS) is 27.0. The Morgan fingerprint density at radius 2 is 2.00 bits per heavy atom. The van der Waals surface area contributed by atoms with Gasteiger partial charge in [0.1, 0.15) is 0 Å². The van der Waals surface area contributed by atoms with Crippen LogP contribution >= 0.6 is 0 Å². The van der Waals surface area contributed by atoms with Gasteiger partial charge in [-0.3, -0.25) is 4.90 Å². The third-order valence-electron chi connectivity index (χ3n) is 5.28. The van der Waals surface area contributed by atoms with Gasteiger partial charge >= 0.3 is 0 Å². The molecule has 1 atom stereocenters. The highest BCUT2D eigenvalue weighted by Crippen LogP contribution is 2.31. The molecule has 1 aromatic carbocycles. The van der Waals surface area contributed by atoms with Gasteiger partial charge in [-0.25, -0.2) is 0 Å². The van der Waals surface area contributed by atoms with E-state index in [2.05, 4.69) is 33.3 Å². The minimum absolute atomic E-state index is 0.796. The van der Waals surface area contributed by atoms with Crippen molar-refractivity contribution in [2.75, 3.05) is 37.6 Å². The quantitative estimate of drug-likeness (QED) is 0.887. The summed E-state index contributed by atoms with van der Waals surface area (Å²) < 4.78 is 0. The van der Waals surface area contributed by atoms with E-state index in [-0.39, 0.29) is 0 Å². The van der Waals surface area contributed by atoms with Crippen LogP contribution in [-0.2, 0) is 13.0 Å². The summed E-state index contributed by atoms with van der Waals surface area (Å²) in [4.78, 5) is 5.35. The van der Waals surface area contributed by atoms with E-state index in [4.69, 9.17) is 0 Å². The molecule has 108 valence electrons. The third kappa shape index (κ3) is 2.23. The van der Waals surface area contributed by atoms with E-state index in [1.165, 1.54) is 57.5 Å². The highest BCUT2D eigenvalue weighted by Gasteiger charge is 2.30. The zero-order valence-corrected chi connectivity index (χ0v) is 12.3. The number of benzene rings is 1. The first-order valence-electron chi connectivity index (χ1n) is 8.22. The van der Waals surface area contributed by atoms with Crippen molar-refractivity contribution >= 4 is 5.69 Å². The Balaban J connectivity index is 1.53. The summed E-state index contributed by atoms with van der Waals surface area (Å²) in [6.45, 7) is 7.30. The maximum Gasteiger partial charge on any atom is 0.0415 e. The molecule has 0 bridgehead atoms. The van der Waals surface area contributed by atoms with Gasteiger partial charge in [-0.1, -0.05) is 12.1 Å². The van der Waals surface area contributed by atoms with Crippen molar-refractivity contribution < 1.29 is 0 Å². The van der Waals surface area contributed by atoms with E-state index in [0.717, 1.165) is 19.1 Å². The fourth-order valence-corrected chi connectivity index (χ4v) is 4.16. The van der Waals surface area contributed by atoms with Crippen molar-refractivity contribution in [2.24, 2.45) is 0 Å². The lowest BCUT2D eigenvalue weighted by atomic mass is 9.99. The minimum Gasteiger partial charge on any atom is -0.370 e. The van der Waals surface area contributed by atoms with E-state index in [1.54, 1.807) is 11.1 Å². The van der Waals surface area contributed by atoms with Crippen molar-refractivity contribution in [3.63, 3.8) is 0 Å². The number of hydrogen-bond donors (Lipinski definition) is 1. The standard InChI is InChI=1S/C17H25N3/c1-2-10-19(9-1)15-7-11-20(13-15)17-5-3-4-14-6-8-18-12-16(14)17/h3-5,15,18H,1-2,6-13H2. The van der Waals surface area contributed by atoms with Crippen LogP contribution in [0.25, 0.3) is 0 Å². The minimum atomic E-state index is 0.796. The second-order valence-electron chi connectivity index (χ2n) is 6.47. The molecule has 2 fully saturated rings. The summed E-state index contributed by atoms with van der Waals surface area (Å²) >= 11 is 0. The van der Waals surface area contributed by atoms with Crippen molar-refractivity contribution in [3.8, 4) is 0 Å². The van der Waals surface area contributed by atoms with Crippen molar-refractivity contribution in [3.05, 3.63) is 29.3 Å². The maximum atomic E-state index is 3.53. The van der Waals surface area contributed by atoms with Crippen LogP contribution in [0.4, 0.5) is 5.69 Å². The summed E-state index contributed by atoms with van der Waals surface area (Å²) in [6.07, 6.45) is 5.34. The largest absolute Gasteiger partial charge is 0.370 e. The van der Waals surface area contributed by atoms with Crippen LogP contribution < -0.4 is 10.2 Å². The second kappa shape index (κ2) is 5.38. The fraction of sp³-hybridized carbons (Fsp3) is 0.647. The molecule has 0 amide bonds. The molecule has 0 aliphatic carbocycles. The van der Waals surface area contributed by atoms with E-state index in [0.29, 0.717) is 0 Å². The van der Waals surface area contributed by atoms with E-state index in [1.807, 2.05) is 0 Å². The molecular formula is C17H25N3. The number of anilines is 1. The van der Waals surface area contributed by atoms with Gasteiger partial charge in [0, 0.05) is 31.4 Å². The molecule has 3 aliphatic rings. The first-order valence-corrected chi connectivity index (χ1v) is 8.22. The predicted molar refractivity (Wildman–Crippen MR) is 83.3 cm³/mol. The van der Waals surface area contributed by atoms with Crippen LogP contribution in [-0.4, -0.2) is 43.7 Å². The lowest BCUT2D eigenvalue weighted by Gasteiger charge is -2.28. The fourth-order valence-electron chi connectivity index (χ4n) is 4.16. The van der Waals surface area contributed by atoms with Gasteiger partial charge in [0.25, 0.3) is 0 Å². The van der Waals surface area contributed by atoms with Gasteiger partial charge < -0.3 is 10.2 Å². The molecule has 0 aromatic heterocycles. The molecule has 2 saturated heterocycles. The van der Waals surface area contributed by atoms with Crippen molar-refractivity contribution in [1.29, 1.82) is 0 Å².